The van der Waals surface area contributed by atoms with E-state index in [1.54, 1.807) is 24.3 Å². The molecule has 0 aromatic heterocycles. The lowest BCUT2D eigenvalue weighted by Gasteiger charge is -2.27. The highest BCUT2D eigenvalue weighted by atomic mass is 35.5. The van der Waals surface area contributed by atoms with Gasteiger partial charge in [0.25, 0.3) is 5.91 Å². The Morgan fingerprint density at radius 2 is 1.65 bits per heavy atom. The molecule has 0 bridgehead atoms. The smallest absolute Gasteiger partial charge is 0.252 e. The van der Waals surface area contributed by atoms with E-state index in [0.29, 0.717) is 12.1 Å². The highest BCUT2D eigenvalue weighted by molar-refractivity contribution is 7.89. The molecule has 0 radical (unpaired) electrons. The van der Waals surface area contributed by atoms with E-state index in [1.807, 2.05) is 37.3 Å². The number of halogens is 2. The number of nitrogens with zero attached hydrogens (tertiary/aromatic N) is 2. The van der Waals surface area contributed by atoms with Crippen LogP contribution < -0.4 is 4.90 Å². The fourth-order valence-corrected chi connectivity index (χ4v) is 6.26. The highest BCUT2D eigenvalue weighted by Gasteiger charge is 2.47. The third-order valence-electron chi connectivity index (χ3n) is 5.71. The summed E-state index contributed by atoms with van der Waals surface area (Å²) in [5.74, 6) is -1.06. The molecule has 176 valence electrons. The van der Waals surface area contributed by atoms with Gasteiger partial charge in [-0.2, -0.15) is 4.31 Å². The maximum atomic E-state index is 13.8. The molecule has 2 amide bonds. The van der Waals surface area contributed by atoms with Crippen LogP contribution in [0.25, 0.3) is 0 Å². The average Bonchev–Trinajstić information content (AvgIpc) is 3.10. The van der Waals surface area contributed by atoms with Crippen molar-refractivity contribution >= 4 is 50.7 Å². The first-order valence-electron chi connectivity index (χ1n) is 10.6. The number of benzene rings is 3. The first-order chi connectivity index (χ1) is 16.2. The average molecular weight is 517 g/mol. The van der Waals surface area contributed by atoms with Gasteiger partial charge in [0.05, 0.1) is 17.1 Å². The third kappa shape index (κ3) is 4.88. The molecule has 6 nitrogen and oxygen atoms in total. The van der Waals surface area contributed by atoms with Gasteiger partial charge in [-0.3, -0.25) is 9.59 Å². The minimum atomic E-state index is -4.26. The Balaban J connectivity index is 1.73. The van der Waals surface area contributed by atoms with Crippen molar-refractivity contribution in [3.63, 3.8) is 0 Å². The number of imide groups is 1. The number of aryl methyl sites for hydroxylation is 1. The Morgan fingerprint density at radius 1 is 0.971 bits per heavy atom. The molecule has 3 aromatic rings. The summed E-state index contributed by atoms with van der Waals surface area (Å²) in [5.41, 5.74) is 2.28. The van der Waals surface area contributed by atoms with Crippen molar-refractivity contribution in [2.75, 3.05) is 11.4 Å². The summed E-state index contributed by atoms with van der Waals surface area (Å²) in [4.78, 5) is 27.1. The number of hydrogen-bond donors (Lipinski definition) is 0. The molecule has 9 heteroatoms. The molecular weight excluding hydrogens is 495 g/mol. The zero-order valence-corrected chi connectivity index (χ0v) is 20.6. The van der Waals surface area contributed by atoms with Gasteiger partial charge in [0.15, 0.2) is 0 Å². The summed E-state index contributed by atoms with van der Waals surface area (Å²) in [6, 6.07) is 19.2. The van der Waals surface area contributed by atoms with Crippen LogP contribution in [0.3, 0.4) is 0 Å². The van der Waals surface area contributed by atoms with E-state index in [-0.39, 0.29) is 27.9 Å². The molecule has 1 atom stereocenters. The lowest BCUT2D eigenvalue weighted by molar-refractivity contribution is -0.122. The predicted octanol–water partition coefficient (Wildman–Crippen LogP) is 4.87. The van der Waals surface area contributed by atoms with Crippen LogP contribution in [0.5, 0.6) is 0 Å². The molecule has 1 aliphatic heterocycles. The molecular formula is C25H22Cl2N2O4S. The van der Waals surface area contributed by atoms with Gasteiger partial charge in [0.1, 0.15) is 10.9 Å². The number of hydrogen-bond acceptors (Lipinski definition) is 4. The molecule has 0 saturated carbocycles. The van der Waals surface area contributed by atoms with Crippen LogP contribution in [-0.2, 0) is 26.0 Å². The standard InChI is InChI=1S/C25H22Cl2N2O4S/c1-17-7-10-20(11-8-17)29-24(30)16-22(25(29)31)28(14-13-18-5-3-2-4-6-18)34(32,33)23-15-19(26)9-12-21(23)27/h2-12,15,22H,13-14,16H2,1H3. The van der Waals surface area contributed by atoms with Crippen LogP contribution in [0, 0.1) is 6.92 Å². The van der Waals surface area contributed by atoms with E-state index >= 15 is 0 Å². The second-order valence-corrected chi connectivity index (χ2v) is 10.8. The van der Waals surface area contributed by atoms with Crippen molar-refractivity contribution in [3.8, 4) is 0 Å². The Kier molecular flexibility index (Phi) is 7.09. The molecule has 1 saturated heterocycles. The molecule has 3 aromatic carbocycles. The first kappa shape index (κ1) is 24.4. The van der Waals surface area contributed by atoms with E-state index in [1.165, 1.54) is 18.2 Å². The predicted molar refractivity (Wildman–Crippen MR) is 133 cm³/mol. The molecule has 0 spiro atoms. The summed E-state index contributed by atoms with van der Waals surface area (Å²) in [5, 5.41) is 0.183. The van der Waals surface area contributed by atoms with Crippen LogP contribution in [0.4, 0.5) is 5.69 Å². The highest BCUT2D eigenvalue weighted by Crippen LogP contribution is 2.33. The largest absolute Gasteiger partial charge is 0.274 e. The van der Waals surface area contributed by atoms with Crippen molar-refractivity contribution in [2.45, 2.75) is 30.7 Å². The summed E-state index contributed by atoms with van der Waals surface area (Å²) in [7, 11) is -4.26. The summed E-state index contributed by atoms with van der Waals surface area (Å²) in [6.45, 7) is 1.88. The molecule has 1 heterocycles. The molecule has 1 unspecified atom stereocenters. The van der Waals surface area contributed by atoms with Crippen molar-refractivity contribution in [1.82, 2.24) is 4.31 Å². The number of rotatable bonds is 7. The fraction of sp³-hybridized carbons (Fsp3) is 0.200. The molecule has 34 heavy (non-hydrogen) atoms. The van der Waals surface area contributed by atoms with Gasteiger partial charge in [0.2, 0.25) is 15.9 Å². The Bertz CT molecular complexity index is 1330. The number of carbonyl (C=O) groups excluding carboxylic acids is 2. The Hall–Kier alpha value is -2.71. The SMILES string of the molecule is Cc1ccc(N2C(=O)CC(N(CCc3ccccc3)S(=O)(=O)c3cc(Cl)ccc3Cl)C2=O)cc1. The zero-order chi connectivity index (χ0) is 24.5. The van der Waals surface area contributed by atoms with Crippen LogP contribution in [0.15, 0.2) is 77.7 Å². The molecule has 1 aliphatic rings. The normalized spacial score (nSPS) is 16.5. The van der Waals surface area contributed by atoms with Crippen molar-refractivity contribution in [1.29, 1.82) is 0 Å². The van der Waals surface area contributed by atoms with E-state index in [4.69, 9.17) is 23.2 Å². The lowest BCUT2D eigenvalue weighted by Crippen LogP contribution is -2.46. The molecule has 0 aliphatic carbocycles. The van der Waals surface area contributed by atoms with E-state index in [2.05, 4.69) is 0 Å². The summed E-state index contributed by atoms with van der Waals surface area (Å²) in [6.07, 6.45) is 0.0830. The van der Waals surface area contributed by atoms with Crippen molar-refractivity contribution in [3.05, 3.63) is 94.0 Å². The maximum absolute atomic E-state index is 13.8. The maximum Gasteiger partial charge on any atom is 0.252 e. The zero-order valence-electron chi connectivity index (χ0n) is 18.3. The molecule has 4 rings (SSSR count). The molecule has 1 fully saturated rings. The van der Waals surface area contributed by atoms with Gasteiger partial charge in [-0.15, -0.1) is 0 Å². The van der Waals surface area contributed by atoms with Gasteiger partial charge in [-0.1, -0.05) is 71.2 Å². The van der Waals surface area contributed by atoms with Gasteiger partial charge in [-0.05, 0) is 49.2 Å². The lowest BCUT2D eigenvalue weighted by atomic mass is 10.1. The quantitative estimate of drug-likeness (QED) is 0.420. The topological polar surface area (TPSA) is 74.8 Å². The van der Waals surface area contributed by atoms with Gasteiger partial charge >= 0.3 is 0 Å². The number of sulfonamides is 1. The Labute approximate surface area is 208 Å². The van der Waals surface area contributed by atoms with E-state index in [0.717, 1.165) is 20.3 Å². The van der Waals surface area contributed by atoms with E-state index < -0.39 is 27.9 Å². The number of anilines is 1. The van der Waals surface area contributed by atoms with Gasteiger partial charge in [-0.25, -0.2) is 13.3 Å². The fourth-order valence-electron chi connectivity index (χ4n) is 3.93. The monoisotopic (exact) mass is 516 g/mol. The molecule has 0 N–H and O–H groups in total. The summed E-state index contributed by atoms with van der Waals surface area (Å²) < 4.78 is 28.6. The second-order valence-electron chi connectivity index (χ2n) is 8.05. The number of amides is 2. The van der Waals surface area contributed by atoms with Crippen LogP contribution >= 0.6 is 23.2 Å². The second kappa shape index (κ2) is 9.88. The minimum Gasteiger partial charge on any atom is -0.274 e. The number of carbonyl (C=O) groups is 2. The minimum absolute atomic E-state index is 0.0127. The van der Waals surface area contributed by atoms with Crippen molar-refractivity contribution < 1.29 is 18.0 Å². The third-order valence-corrected chi connectivity index (χ3v) is 8.33. The summed E-state index contributed by atoms with van der Waals surface area (Å²) >= 11 is 12.3. The van der Waals surface area contributed by atoms with Crippen LogP contribution in [-0.4, -0.2) is 37.1 Å². The van der Waals surface area contributed by atoms with E-state index in [9.17, 15) is 18.0 Å². The van der Waals surface area contributed by atoms with Crippen LogP contribution in [0.1, 0.15) is 17.5 Å². The Morgan fingerprint density at radius 3 is 2.32 bits per heavy atom. The van der Waals surface area contributed by atoms with Gasteiger partial charge in [0, 0.05) is 11.6 Å². The van der Waals surface area contributed by atoms with Crippen molar-refractivity contribution in [2.24, 2.45) is 0 Å². The van der Waals surface area contributed by atoms with Crippen LogP contribution in [0.2, 0.25) is 10.0 Å². The first-order valence-corrected chi connectivity index (χ1v) is 12.8. The van der Waals surface area contributed by atoms with Gasteiger partial charge < -0.3 is 0 Å².